The average Bonchev–Trinajstić information content (AvgIpc) is 2.02. The zero-order valence-corrected chi connectivity index (χ0v) is 7.23. The van der Waals surface area contributed by atoms with Crippen molar-refractivity contribution < 1.29 is 4.74 Å². The summed E-state index contributed by atoms with van der Waals surface area (Å²) in [6.45, 7) is 1.15. The van der Waals surface area contributed by atoms with Gasteiger partial charge in [-0.3, -0.25) is 0 Å². The fourth-order valence-electron chi connectivity index (χ4n) is 2.29. The zero-order chi connectivity index (χ0) is 7.73. The van der Waals surface area contributed by atoms with Gasteiger partial charge in [-0.2, -0.15) is 0 Å². The Morgan fingerprint density at radius 3 is 2.82 bits per heavy atom. The smallest absolute Gasteiger partial charge is 0.0601 e. The van der Waals surface area contributed by atoms with Gasteiger partial charge in [-0.1, -0.05) is 0 Å². The first kappa shape index (κ1) is 7.56. The van der Waals surface area contributed by atoms with Gasteiger partial charge in [-0.25, -0.2) is 0 Å². The Morgan fingerprint density at radius 1 is 1.45 bits per heavy atom. The minimum absolute atomic E-state index is 0.499. The Bertz CT molecular complexity index is 142. The molecule has 1 aliphatic heterocycles. The van der Waals surface area contributed by atoms with Gasteiger partial charge in [0.1, 0.15) is 0 Å². The van der Waals surface area contributed by atoms with Crippen molar-refractivity contribution in [3.05, 3.63) is 0 Å². The topological polar surface area (TPSA) is 21.3 Å². The predicted octanol–water partition coefficient (Wildman–Crippen LogP) is 1.31. The van der Waals surface area contributed by atoms with Crippen LogP contribution in [0.15, 0.2) is 0 Å². The van der Waals surface area contributed by atoms with Crippen LogP contribution in [0.3, 0.4) is 0 Å². The van der Waals surface area contributed by atoms with Crippen molar-refractivity contribution in [3.8, 4) is 0 Å². The highest BCUT2D eigenvalue weighted by atomic mass is 16.5. The third-order valence-electron chi connectivity index (χ3n) is 3.23. The van der Waals surface area contributed by atoms with E-state index in [0.717, 1.165) is 6.54 Å². The molecule has 1 spiro atoms. The number of piperidine rings is 1. The molecule has 1 heterocycles. The quantitative estimate of drug-likeness (QED) is 0.616. The summed E-state index contributed by atoms with van der Waals surface area (Å²) in [5.74, 6) is 0. The SMILES string of the molecule is COC1CCNC2(CCC2)C1. The monoisotopic (exact) mass is 155 g/mol. The van der Waals surface area contributed by atoms with Crippen molar-refractivity contribution in [2.45, 2.75) is 43.7 Å². The van der Waals surface area contributed by atoms with Gasteiger partial charge in [-0.05, 0) is 38.6 Å². The number of hydrogen-bond donors (Lipinski definition) is 1. The molecule has 0 aromatic heterocycles. The summed E-state index contributed by atoms with van der Waals surface area (Å²) in [5, 5.41) is 3.62. The standard InChI is InChI=1S/C9H17NO/c1-11-8-3-6-10-9(7-8)4-2-5-9/h8,10H,2-7H2,1H3. The van der Waals surface area contributed by atoms with Gasteiger partial charge in [-0.15, -0.1) is 0 Å². The number of nitrogens with one attached hydrogen (secondary N) is 1. The summed E-state index contributed by atoms with van der Waals surface area (Å²) in [5.41, 5.74) is 0.499. The van der Waals surface area contributed by atoms with E-state index in [4.69, 9.17) is 4.74 Å². The summed E-state index contributed by atoms with van der Waals surface area (Å²) in [7, 11) is 1.84. The Labute approximate surface area is 68.3 Å². The normalized spacial score (nSPS) is 35.2. The Balaban J connectivity index is 1.92. The maximum atomic E-state index is 5.38. The molecule has 2 heteroatoms. The molecule has 1 aliphatic carbocycles. The van der Waals surface area contributed by atoms with Crippen LogP contribution in [0.25, 0.3) is 0 Å². The van der Waals surface area contributed by atoms with Gasteiger partial charge in [0.25, 0.3) is 0 Å². The molecule has 0 radical (unpaired) electrons. The molecule has 2 nitrogen and oxygen atoms in total. The second kappa shape index (κ2) is 2.76. The van der Waals surface area contributed by atoms with E-state index in [2.05, 4.69) is 5.32 Å². The third-order valence-corrected chi connectivity index (χ3v) is 3.23. The van der Waals surface area contributed by atoms with E-state index in [1.165, 1.54) is 32.1 Å². The van der Waals surface area contributed by atoms with Crippen LogP contribution in [-0.4, -0.2) is 25.3 Å². The minimum Gasteiger partial charge on any atom is -0.381 e. The first-order valence-corrected chi connectivity index (χ1v) is 4.62. The van der Waals surface area contributed by atoms with Crippen molar-refractivity contribution in [2.24, 2.45) is 0 Å². The second-order valence-corrected chi connectivity index (χ2v) is 3.91. The van der Waals surface area contributed by atoms with Gasteiger partial charge < -0.3 is 10.1 Å². The molecule has 2 fully saturated rings. The number of hydrogen-bond acceptors (Lipinski definition) is 2. The fourth-order valence-corrected chi connectivity index (χ4v) is 2.29. The van der Waals surface area contributed by atoms with Crippen LogP contribution in [0.1, 0.15) is 32.1 Å². The Hall–Kier alpha value is -0.0800. The third kappa shape index (κ3) is 1.30. The maximum absolute atomic E-state index is 5.38. The molecular formula is C9H17NO. The van der Waals surface area contributed by atoms with Crippen molar-refractivity contribution >= 4 is 0 Å². The summed E-state index contributed by atoms with van der Waals surface area (Å²) in [4.78, 5) is 0. The Kier molecular flexibility index (Phi) is 1.90. The lowest BCUT2D eigenvalue weighted by atomic mass is 9.71. The molecule has 0 amide bonds. The van der Waals surface area contributed by atoms with Gasteiger partial charge >= 0.3 is 0 Å². The van der Waals surface area contributed by atoms with Crippen molar-refractivity contribution in [1.82, 2.24) is 5.32 Å². The first-order chi connectivity index (χ1) is 5.35. The van der Waals surface area contributed by atoms with E-state index in [9.17, 15) is 0 Å². The van der Waals surface area contributed by atoms with E-state index in [0.29, 0.717) is 11.6 Å². The van der Waals surface area contributed by atoms with Crippen LogP contribution >= 0.6 is 0 Å². The molecule has 0 bridgehead atoms. The molecule has 1 saturated carbocycles. The second-order valence-electron chi connectivity index (χ2n) is 3.91. The highest BCUT2D eigenvalue weighted by molar-refractivity contribution is 5.00. The lowest BCUT2D eigenvalue weighted by Gasteiger charge is -2.48. The molecule has 1 unspecified atom stereocenters. The molecule has 64 valence electrons. The molecule has 11 heavy (non-hydrogen) atoms. The van der Waals surface area contributed by atoms with Crippen LogP contribution < -0.4 is 5.32 Å². The number of rotatable bonds is 1. The molecule has 2 rings (SSSR count). The number of ether oxygens (including phenoxy) is 1. The van der Waals surface area contributed by atoms with Crippen LogP contribution in [0.2, 0.25) is 0 Å². The van der Waals surface area contributed by atoms with E-state index in [-0.39, 0.29) is 0 Å². The lowest BCUT2D eigenvalue weighted by molar-refractivity contribution is 0.00812. The fraction of sp³-hybridized carbons (Fsp3) is 1.00. The average molecular weight is 155 g/mol. The molecule has 1 atom stereocenters. The highest BCUT2D eigenvalue weighted by Crippen LogP contribution is 2.38. The summed E-state index contributed by atoms with van der Waals surface area (Å²) in [6, 6.07) is 0. The van der Waals surface area contributed by atoms with Crippen LogP contribution in [0.5, 0.6) is 0 Å². The van der Waals surface area contributed by atoms with E-state index >= 15 is 0 Å². The summed E-state index contributed by atoms with van der Waals surface area (Å²) < 4.78 is 5.38. The zero-order valence-electron chi connectivity index (χ0n) is 7.23. The van der Waals surface area contributed by atoms with Gasteiger partial charge in [0.05, 0.1) is 6.10 Å². The molecule has 2 aliphatic rings. The molecule has 0 aromatic rings. The molecule has 0 aromatic carbocycles. The summed E-state index contributed by atoms with van der Waals surface area (Å²) >= 11 is 0. The van der Waals surface area contributed by atoms with Crippen LogP contribution in [0.4, 0.5) is 0 Å². The van der Waals surface area contributed by atoms with Gasteiger partial charge in [0, 0.05) is 12.6 Å². The van der Waals surface area contributed by atoms with Crippen LogP contribution in [0, 0.1) is 0 Å². The Morgan fingerprint density at radius 2 is 2.27 bits per heavy atom. The van der Waals surface area contributed by atoms with Crippen LogP contribution in [-0.2, 0) is 4.74 Å². The molecule has 1 N–H and O–H groups in total. The molecular weight excluding hydrogens is 138 g/mol. The molecule has 1 saturated heterocycles. The van der Waals surface area contributed by atoms with E-state index in [1.807, 2.05) is 7.11 Å². The van der Waals surface area contributed by atoms with Crippen molar-refractivity contribution in [1.29, 1.82) is 0 Å². The highest BCUT2D eigenvalue weighted by Gasteiger charge is 2.40. The largest absolute Gasteiger partial charge is 0.381 e. The van der Waals surface area contributed by atoms with Crippen molar-refractivity contribution in [2.75, 3.05) is 13.7 Å². The first-order valence-electron chi connectivity index (χ1n) is 4.62. The van der Waals surface area contributed by atoms with Crippen molar-refractivity contribution in [3.63, 3.8) is 0 Å². The summed E-state index contributed by atoms with van der Waals surface area (Å²) in [6.07, 6.45) is 7.10. The minimum atomic E-state index is 0.499. The van der Waals surface area contributed by atoms with E-state index in [1.54, 1.807) is 0 Å². The van der Waals surface area contributed by atoms with E-state index < -0.39 is 0 Å². The lowest BCUT2D eigenvalue weighted by Crippen LogP contribution is -2.57. The predicted molar refractivity (Wildman–Crippen MR) is 44.6 cm³/mol. The number of methoxy groups -OCH3 is 1. The van der Waals surface area contributed by atoms with Gasteiger partial charge in [0.15, 0.2) is 0 Å². The van der Waals surface area contributed by atoms with Gasteiger partial charge in [0.2, 0.25) is 0 Å². The maximum Gasteiger partial charge on any atom is 0.0601 e.